The summed E-state index contributed by atoms with van der Waals surface area (Å²) in [6.07, 6.45) is 7.69. The van der Waals surface area contributed by atoms with E-state index in [0.29, 0.717) is 48.5 Å². The number of carbonyl (C=O) groups is 4. The third kappa shape index (κ3) is 8.21. The maximum atomic E-state index is 13.1. The molecule has 1 aliphatic heterocycles. The fraction of sp³-hybridized carbons (Fsp3) is 0.667. The molecule has 210 valence electrons. The highest BCUT2D eigenvalue weighted by molar-refractivity contribution is 6.04. The van der Waals surface area contributed by atoms with E-state index < -0.39 is 11.9 Å². The Morgan fingerprint density at radius 2 is 1.84 bits per heavy atom. The third-order valence-electron chi connectivity index (χ3n) is 8.04. The first-order chi connectivity index (χ1) is 18.2. The first-order valence-corrected chi connectivity index (χ1v) is 14.2. The molecule has 0 radical (unpaired) electrons. The largest absolute Gasteiger partial charge is 0.492 e. The van der Waals surface area contributed by atoms with E-state index in [4.69, 9.17) is 9.47 Å². The first kappa shape index (κ1) is 30.0. The number of Topliss-reactive ketones (excluding diaryl/α,β-unsaturated/α-hetero) is 2. The topological polar surface area (TPSA) is 93.2 Å². The zero-order valence-corrected chi connectivity index (χ0v) is 23.4. The fourth-order valence-corrected chi connectivity index (χ4v) is 5.33. The summed E-state index contributed by atoms with van der Waals surface area (Å²) in [5.74, 6) is 0.629. The normalized spacial score (nSPS) is 20.8. The Bertz CT molecular complexity index is 965. The van der Waals surface area contributed by atoms with Crippen LogP contribution in [0.4, 0.5) is 0 Å². The number of amides is 2. The van der Waals surface area contributed by atoms with Crippen LogP contribution >= 0.6 is 0 Å². The summed E-state index contributed by atoms with van der Waals surface area (Å²) in [5, 5.41) is 0. The number of benzene rings is 1. The second kappa shape index (κ2) is 14.5. The van der Waals surface area contributed by atoms with Gasteiger partial charge >= 0.3 is 0 Å². The van der Waals surface area contributed by atoms with E-state index >= 15 is 0 Å². The molecule has 1 aliphatic carbocycles. The molecule has 1 heterocycles. The number of piperidine rings is 1. The van der Waals surface area contributed by atoms with Crippen LogP contribution in [0.25, 0.3) is 0 Å². The molecule has 0 N–H and O–H groups in total. The Kier molecular flexibility index (Phi) is 11.5. The smallest absolute Gasteiger partial charge is 0.261 e. The van der Waals surface area contributed by atoms with E-state index in [1.54, 1.807) is 32.0 Å². The quantitative estimate of drug-likeness (QED) is 0.312. The van der Waals surface area contributed by atoms with Gasteiger partial charge in [-0.25, -0.2) is 0 Å². The minimum atomic E-state index is -0.956. The lowest BCUT2D eigenvalue weighted by atomic mass is 9.80. The van der Waals surface area contributed by atoms with E-state index in [2.05, 4.69) is 11.8 Å². The summed E-state index contributed by atoms with van der Waals surface area (Å²) in [4.78, 5) is 52.1. The summed E-state index contributed by atoms with van der Waals surface area (Å²) in [5.41, 5.74) is 0.988. The lowest BCUT2D eigenvalue weighted by Gasteiger charge is -2.39. The van der Waals surface area contributed by atoms with Crippen LogP contribution < -0.4 is 4.74 Å². The van der Waals surface area contributed by atoms with Crippen molar-refractivity contribution in [3.8, 4) is 5.75 Å². The van der Waals surface area contributed by atoms with Gasteiger partial charge in [-0.05, 0) is 75.6 Å². The molecule has 38 heavy (non-hydrogen) atoms. The molecule has 0 spiro atoms. The maximum absolute atomic E-state index is 13.1. The van der Waals surface area contributed by atoms with Crippen molar-refractivity contribution in [1.29, 1.82) is 0 Å². The second-order valence-electron chi connectivity index (χ2n) is 10.7. The Balaban J connectivity index is 1.46. The molecule has 1 saturated carbocycles. The first-order valence-electron chi connectivity index (χ1n) is 14.2. The SMILES string of the molecule is CCC(=O)CCC(C(C)=O)N(C=O)C(=O)c1ccc(OCCN2CCC(OC3CC(CC)C3)CC2)cc1C. The highest BCUT2D eigenvalue weighted by Gasteiger charge is 2.32. The fourth-order valence-electron chi connectivity index (χ4n) is 5.33. The van der Waals surface area contributed by atoms with Crippen LogP contribution in [-0.4, -0.2) is 78.2 Å². The summed E-state index contributed by atoms with van der Waals surface area (Å²) in [6.45, 7) is 10.5. The number of aryl methyl sites for hydroxylation is 1. The summed E-state index contributed by atoms with van der Waals surface area (Å²) in [6, 6.07) is 4.17. The molecule has 2 aliphatic rings. The van der Waals surface area contributed by atoms with Crippen molar-refractivity contribution < 1.29 is 28.7 Å². The number of rotatable bonds is 15. The van der Waals surface area contributed by atoms with E-state index in [-0.39, 0.29) is 24.4 Å². The van der Waals surface area contributed by atoms with Gasteiger partial charge in [-0.3, -0.25) is 29.0 Å². The van der Waals surface area contributed by atoms with E-state index in [0.717, 1.165) is 43.3 Å². The van der Waals surface area contributed by atoms with Gasteiger partial charge in [0, 0.05) is 38.0 Å². The third-order valence-corrected chi connectivity index (χ3v) is 8.04. The van der Waals surface area contributed by atoms with Crippen molar-refractivity contribution in [3.63, 3.8) is 0 Å². The standard InChI is InChI=1S/C30H44N2O6/c1-5-23-18-27(19-23)38-25-11-13-31(14-12-25)15-16-37-26-8-9-28(21(3)17-26)30(36)32(20-33)29(22(4)34)10-7-24(35)6-2/h8-9,17,20,23,25,27,29H,5-7,10-16,18-19H2,1-4H3. The highest BCUT2D eigenvalue weighted by atomic mass is 16.5. The van der Waals surface area contributed by atoms with Gasteiger partial charge in [0.05, 0.1) is 18.2 Å². The highest BCUT2D eigenvalue weighted by Crippen LogP contribution is 2.34. The average molecular weight is 529 g/mol. The van der Waals surface area contributed by atoms with Gasteiger partial charge in [0.2, 0.25) is 6.41 Å². The second-order valence-corrected chi connectivity index (χ2v) is 10.7. The van der Waals surface area contributed by atoms with Crippen LogP contribution in [0.15, 0.2) is 18.2 Å². The lowest BCUT2D eigenvalue weighted by Crippen LogP contribution is -2.44. The number of nitrogens with zero attached hydrogens (tertiary/aromatic N) is 2. The molecule has 8 nitrogen and oxygen atoms in total. The Labute approximate surface area is 227 Å². The number of ketones is 2. The molecule has 3 rings (SSSR count). The minimum Gasteiger partial charge on any atom is -0.492 e. The molecular weight excluding hydrogens is 484 g/mol. The number of carbonyl (C=O) groups excluding carboxylic acids is 4. The van der Waals surface area contributed by atoms with Gasteiger partial charge in [0.15, 0.2) is 5.78 Å². The van der Waals surface area contributed by atoms with Crippen LogP contribution in [-0.2, 0) is 19.1 Å². The van der Waals surface area contributed by atoms with Crippen molar-refractivity contribution in [3.05, 3.63) is 29.3 Å². The van der Waals surface area contributed by atoms with Crippen LogP contribution in [0.2, 0.25) is 0 Å². The number of ether oxygens (including phenoxy) is 2. The summed E-state index contributed by atoms with van der Waals surface area (Å²) < 4.78 is 12.2. The minimum absolute atomic E-state index is 0.0105. The molecule has 1 saturated heterocycles. The Morgan fingerprint density at radius 3 is 2.42 bits per heavy atom. The van der Waals surface area contributed by atoms with Crippen molar-refractivity contribution in [2.24, 2.45) is 5.92 Å². The molecule has 0 bridgehead atoms. The molecule has 0 aromatic heterocycles. The summed E-state index contributed by atoms with van der Waals surface area (Å²) >= 11 is 0. The lowest BCUT2D eigenvalue weighted by molar-refractivity contribution is -0.129. The van der Waals surface area contributed by atoms with Crippen molar-refractivity contribution in [2.75, 3.05) is 26.2 Å². The Morgan fingerprint density at radius 1 is 1.13 bits per heavy atom. The van der Waals surface area contributed by atoms with Crippen molar-refractivity contribution >= 4 is 23.9 Å². The van der Waals surface area contributed by atoms with Crippen LogP contribution in [0.3, 0.4) is 0 Å². The molecular formula is C30H44N2O6. The van der Waals surface area contributed by atoms with E-state index in [1.807, 2.05) is 0 Å². The van der Waals surface area contributed by atoms with E-state index in [9.17, 15) is 19.2 Å². The zero-order valence-electron chi connectivity index (χ0n) is 23.4. The van der Waals surface area contributed by atoms with Gasteiger partial charge in [0.1, 0.15) is 18.1 Å². The monoisotopic (exact) mass is 528 g/mol. The number of hydrogen-bond donors (Lipinski definition) is 0. The van der Waals surface area contributed by atoms with Gasteiger partial charge < -0.3 is 9.47 Å². The molecule has 1 unspecified atom stereocenters. The maximum Gasteiger partial charge on any atom is 0.261 e. The van der Waals surface area contributed by atoms with Crippen molar-refractivity contribution in [1.82, 2.24) is 9.80 Å². The summed E-state index contributed by atoms with van der Waals surface area (Å²) in [7, 11) is 0. The van der Waals surface area contributed by atoms with Gasteiger partial charge in [0.25, 0.3) is 5.91 Å². The number of imide groups is 1. The van der Waals surface area contributed by atoms with Crippen LogP contribution in [0, 0.1) is 12.8 Å². The van der Waals surface area contributed by atoms with Crippen LogP contribution in [0.5, 0.6) is 5.75 Å². The molecule has 1 atom stereocenters. The molecule has 1 aromatic rings. The predicted molar refractivity (Wildman–Crippen MR) is 145 cm³/mol. The molecule has 2 fully saturated rings. The number of likely N-dealkylation sites (tertiary alicyclic amines) is 1. The van der Waals surface area contributed by atoms with Gasteiger partial charge in [-0.2, -0.15) is 0 Å². The molecule has 2 amide bonds. The van der Waals surface area contributed by atoms with E-state index in [1.165, 1.54) is 26.2 Å². The number of hydrogen-bond acceptors (Lipinski definition) is 7. The molecule has 8 heteroatoms. The van der Waals surface area contributed by atoms with Gasteiger partial charge in [-0.1, -0.05) is 20.3 Å². The Hall–Kier alpha value is -2.58. The molecule has 1 aromatic carbocycles. The van der Waals surface area contributed by atoms with Crippen molar-refractivity contribution in [2.45, 2.75) is 97.3 Å². The average Bonchev–Trinajstić information content (AvgIpc) is 2.88. The van der Waals surface area contributed by atoms with Crippen LogP contribution in [0.1, 0.15) is 88.1 Å². The zero-order chi connectivity index (χ0) is 27.7. The predicted octanol–water partition coefficient (Wildman–Crippen LogP) is 4.36. The van der Waals surface area contributed by atoms with Gasteiger partial charge in [-0.15, -0.1) is 0 Å².